The first-order chi connectivity index (χ1) is 18.9. The van der Waals surface area contributed by atoms with Crippen LogP contribution in [0.5, 0.6) is 5.75 Å². The van der Waals surface area contributed by atoms with Crippen LogP contribution in [-0.4, -0.2) is 47.7 Å². The van der Waals surface area contributed by atoms with E-state index in [1.54, 1.807) is 25.3 Å². The number of carbonyl (C=O) groups is 2. The summed E-state index contributed by atoms with van der Waals surface area (Å²) >= 11 is 1.34. The first-order valence-corrected chi connectivity index (χ1v) is 13.5. The third kappa shape index (κ3) is 8.22. The molecule has 9 heteroatoms. The van der Waals surface area contributed by atoms with Crippen LogP contribution in [-0.2, 0) is 13.0 Å². The minimum absolute atomic E-state index is 0.269. The lowest BCUT2D eigenvalue weighted by Gasteiger charge is -2.25. The van der Waals surface area contributed by atoms with Crippen LogP contribution < -0.4 is 20.7 Å². The number of amides is 2. The minimum atomic E-state index is -0.862. The molecule has 4 N–H and O–H groups in total. The number of benzene rings is 3. The summed E-state index contributed by atoms with van der Waals surface area (Å²) in [6.07, 6.45) is -0.419. The first kappa shape index (κ1) is 28.0. The Bertz CT molecular complexity index is 1390. The number of rotatable bonds is 12. The number of anilines is 1. The maximum atomic E-state index is 13.3. The second-order valence-electron chi connectivity index (χ2n) is 9.15. The maximum Gasteiger partial charge on any atom is 0.257 e. The van der Waals surface area contributed by atoms with E-state index >= 15 is 0 Å². The van der Waals surface area contributed by atoms with Crippen molar-refractivity contribution in [1.82, 2.24) is 15.6 Å². The van der Waals surface area contributed by atoms with Crippen molar-refractivity contribution in [3.8, 4) is 5.75 Å². The summed E-state index contributed by atoms with van der Waals surface area (Å²) in [6, 6.07) is 23.3. The lowest BCUT2D eigenvalue weighted by molar-refractivity contribution is 0.0830. The largest absolute Gasteiger partial charge is 0.497 e. The van der Waals surface area contributed by atoms with E-state index in [0.717, 1.165) is 22.6 Å². The lowest BCUT2D eigenvalue weighted by Crippen LogP contribution is -2.48. The number of nitrogens with one attached hydrogen (secondary N) is 3. The van der Waals surface area contributed by atoms with Gasteiger partial charge in [0.1, 0.15) is 5.75 Å². The van der Waals surface area contributed by atoms with Crippen LogP contribution in [0, 0.1) is 6.92 Å². The first-order valence-electron chi connectivity index (χ1n) is 12.6. The van der Waals surface area contributed by atoms with E-state index in [4.69, 9.17) is 4.74 Å². The van der Waals surface area contributed by atoms with Crippen molar-refractivity contribution in [3.05, 3.63) is 112 Å². The van der Waals surface area contributed by atoms with E-state index < -0.39 is 12.1 Å². The standard InChI is InChI=1S/C30H32N4O4S/c1-20-19-39-30(32-20)34-29(37)24-12-7-11-23(16-24)28(36)33-26(15-21-8-4-3-5-9-21)27(35)18-31-17-22-10-6-13-25(14-22)38-2/h3-14,16,19,26-27,31,35H,15,17-18H2,1-2H3,(H,33,36)(H,32,34,37)/t26-,27+/m0/s1. The number of hydrogen-bond acceptors (Lipinski definition) is 7. The molecule has 2 atom stereocenters. The number of methoxy groups -OCH3 is 1. The molecule has 0 aliphatic heterocycles. The molecule has 0 fully saturated rings. The highest BCUT2D eigenvalue weighted by Gasteiger charge is 2.23. The summed E-state index contributed by atoms with van der Waals surface area (Å²) in [5.74, 6) is 0.0471. The van der Waals surface area contributed by atoms with Crippen LogP contribution in [0.1, 0.15) is 37.5 Å². The molecular weight excluding hydrogens is 512 g/mol. The number of aromatic nitrogens is 1. The Kier molecular flexibility index (Phi) is 9.80. The van der Waals surface area contributed by atoms with E-state index in [1.165, 1.54) is 17.4 Å². The normalized spacial score (nSPS) is 12.4. The van der Waals surface area contributed by atoms with Crippen molar-refractivity contribution < 1.29 is 19.4 Å². The van der Waals surface area contributed by atoms with Crippen LogP contribution >= 0.6 is 11.3 Å². The van der Waals surface area contributed by atoms with Crippen LogP contribution in [0.2, 0.25) is 0 Å². The molecule has 0 saturated carbocycles. The van der Waals surface area contributed by atoms with Gasteiger partial charge in [0.2, 0.25) is 0 Å². The van der Waals surface area contributed by atoms with Gasteiger partial charge in [-0.05, 0) is 54.8 Å². The molecule has 0 spiro atoms. The topological polar surface area (TPSA) is 113 Å². The molecule has 3 aromatic carbocycles. The highest BCUT2D eigenvalue weighted by molar-refractivity contribution is 7.13. The van der Waals surface area contributed by atoms with Gasteiger partial charge in [-0.1, -0.05) is 48.5 Å². The fourth-order valence-corrected chi connectivity index (χ4v) is 4.76. The average molecular weight is 545 g/mol. The number of carbonyl (C=O) groups excluding carboxylic acids is 2. The van der Waals surface area contributed by atoms with Crippen LogP contribution in [0.25, 0.3) is 0 Å². The van der Waals surface area contributed by atoms with Crippen LogP contribution in [0.15, 0.2) is 84.2 Å². The molecule has 4 aromatic rings. The summed E-state index contributed by atoms with van der Waals surface area (Å²) in [5, 5.41) is 22.4. The van der Waals surface area contributed by atoms with Gasteiger partial charge >= 0.3 is 0 Å². The zero-order chi connectivity index (χ0) is 27.6. The Morgan fingerprint density at radius 3 is 2.38 bits per heavy atom. The van der Waals surface area contributed by atoms with Crippen molar-refractivity contribution in [3.63, 3.8) is 0 Å². The molecule has 0 unspecified atom stereocenters. The number of aryl methyl sites for hydroxylation is 1. The molecule has 0 saturated heterocycles. The average Bonchev–Trinajstić information content (AvgIpc) is 3.37. The van der Waals surface area contributed by atoms with Gasteiger partial charge in [0.05, 0.1) is 24.9 Å². The molecule has 0 bridgehead atoms. The quantitative estimate of drug-likeness (QED) is 0.213. The van der Waals surface area contributed by atoms with Crippen molar-refractivity contribution in [2.24, 2.45) is 0 Å². The van der Waals surface area contributed by atoms with E-state index in [-0.39, 0.29) is 18.4 Å². The zero-order valence-electron chi connectivity index (χ0n) is 21.9. The fraction of sp³-hybridized carbons (Fsp3) is 0.233. The van der Waals surface area contributed by atoms with Gasteiger partial charge in [-0.25, -0.2) is 4.98 Å². The molecule has 0 aliphatic carbocycles. The van der Waals surface area contributed by atoms with Gasteiger partial charge in [0, 0.05) is 29.6 Å². The summed E-state index contributed by atoms with van der Waals surface area (Å²) < 4.78 is 5.27. The van der Waals surface area contributed by atoms with Gasteiger partial charge in [0.15, 0.2) is 5.13 Å². The highest BCUT2D eigenvalue weighted by Crippen LogP contribution is 2.17. The second-order valence-corrected chi connectivity index (χ2v) is 10.0. The van der Waals surface area contributed by atoms with Crippen molar-refractivity contribution >= 4 is 28.3 Å². The maximum absolute atomic E-state index is 13.3. The molecule has 39 heavy (non-hydrogen) atoms. The van der Waals surface area contributed by atoms with Crippen molar-refractivity contribution in [1.29, 1.82) is 0 Å². The molecule has 4 rings (SSSR count). The Labute approximate surface area is 232 Å². The smallest absolute Gasteiger partial charge is 0.257 e. The van der Waals surface area contributed by atoms with E-state index in [2.05, 4.69) is 20.9 Å². The van der Waals surface area contributed by atoms with Crippen LogP contribution in [0.3, 0.4) is 0 Å². The molecule has 2 amide bonds. The third-order valence-electron chi connectivity index (χ3n) is 6.12. The molecule has 0 radical (unpaired) electrons. The zero-order valence-corrected chi connectivity index (χ0v) is 22.7. The van der Waals surface area contributed by atoms with Gasteiger partial charge in [-0.15, -0.1) is 11.3 Å². The molecule has 1 aromatic heterocycles. The van der Waals surface area contributed by atoms with Gasteiger partial charge in [-0.2, -0.15) is 0 Å². The Hall–Kier alpha value is -4.05. The Morgan fingerprint density at radius 1 is 0.949 bits per heavy atom. The number of aliphatic hydroxyl groups excluding tert-OH is 1. The summed E-state index contributed by atoms with van der Waals surface area (Å²) in [7, 11) is 1.62. The number of nitrogens with zero attached hydrogens (tertiary/aromatic N) is 1. The molecular formula is C30H32N4O4S. The molecule has 1 heterocycles. The fourth-order valence-electron chi connectivity index (χ4n) is 4.07. The Morgan fingerprint density at radius 2 is 1.67 bits per heavy atom. The molecule has 0 aliphatic rings. The summed E-state index contributed by atoms with van der Waals surface area (Å²) in [6.45, 7) is 2.66. The SMILES string of the molecule is COc1cccc(CNC[C@@H](O)[C@H](Cc2ccccc2)NC(=O)c2cccc(C(=O)Nc3nc(C)cs3)c2)c1. The molecule has 202 valence electrons. The number of thiazole rings is 1. The predicted octanol–water partition coefficient (Wildman–Crippen LogP) is 4.20. The number of hydrogen-bond donors (Lipinski definition) is 4. The predicted molar refractivity (Wildman–Crippen MR) is 153 cm³/mol. The number of aliphatic hydroxyl groups is 1. The van der Waals surface area contributed by atoms with Crippen LogP contribution in [0.4, 0.5) is 5.13 Å². The van der Waals surface area contributed by atoms with Gasteiger partial charge in [-0.3, -0.25) is 14.9 Å². The van der Waals surface area contributed by atoms with Crippen molar-refractivity contribution in [2.45, 2.75) is 32.0 Å². The van der Waals surface area contributed by atoms with Gasteiger partial charge < -0.3 is 20.5 Å². The van der Waals surface area contributed by atoms with Gasteiger partial charge in [0.25, 0.3) is 11.8 Å². The highest BCUT2D eigenvalue weighted by atomic mass is 32.1. The summed E-state index contributed by atoms with van der Waals surface area (Å²) in [4.78, 5) is 30.2. The van der Waals surface area contributed by atoms with E-state index in [9.17, 15) is 14.7 Å². The molecule has 8 nitrogen and oxygen atoms in total. The second kappa shape index (κ2) is 13.7. The van der Waals surface area contributed by atoms with E-state index in [0.29, 0.717) is 29.2 Å². The summed E-state index contributed by atoms with van der Waals surface area (Å²) in [5.41, 5.74) is 3.50. The third-order valence-corrected chi connectivity index (χ3v) is 7.00. The minimum Gasteiger partial charge on any atom is -0.497 e. The van der Waals surface area contributed by atoms with E-state index in [1.807, 2.05) is 66.9 Å². The van der Waals surface area contributed by atoms with Crippen molar-refractivity contribution in [2.75, 3.05) is 19.0 Å². The monoisotopic (exact) mass is 544 g/mol. The number of ether oxygens (including phenoxy) is 1. The lowest BCUT2D eigenvalue weighted by atomic mass is 10.00. The Balaban J connectivity index is 1.42.